The Balaban J connectivity index is 1.93. The summed E-state index contributed by atoms with van der Waals surface area (Å²) < 4.78 is 5.74. The fourth-order valence-electron chi connectivity index (χ4n) is 3.60. The van der Waals surface area contributed by atoms with Crippen molar-refractivity contribution in [1.82, 2.24) is 14.9 Å². The van der Waals surface area contributed by atoms with Gasteiger partial charge in [-0.15, -0.1) is 0 Å². The van der Waals surface area contributed by atoms with Crippen LogP contribution in [0.4, 0.5) is 23.3 Å². The smallest absolute Gasteiger partial charge is 0.353 e. The van der Waals surface area contributed by atoms with Gasteiger partial charge in [0.1, 0.15) is 0 Å². The molecule has 0 unspecified atom stereocenters. The van der Waals surface area contributed by atoms with Crippen LogP contribution in [0, 0.1) is 10.1 Å². The van der Waals surface area contributed by atoms with Crippen LogP contribution in [-0.2, 0) is 4.74 Å². The number of nitrogens with zero attached hydrogens (tertiary/aromatic N) is 6. The molecule has 3 heterocycles. The molecule has 10 nitrogen and oxygen atoms in total. The molecule has 0 amide bonds. The molecule has 0 saturated carbocycles. The Morgan fingerprint density at radius 2 is 1.77 bits per heavy atom. The van der Waals surface area contributed by atoms with E-state index in [2.05, 4.69) is 21.8 Å². The summed E-state index contributed by atoms with van der Waals surface area (Å²) >= 11 is 0. The molecule has 1 aromatic heterocycles. The van der Waals surface area contributed by atoms with Gasteiger partial charge in [-0.1, -0.05) is 6.92 Å². The van der Waals surface area contributed by atoms with Gasteiger partial charge in [-0.05, 0) is 20.4 Å². The Labute approximate surface area is 153 Å². The third-order valence-corrected chi connectivity index (χ3v) is 4.88. The predicted octanol–water partition coefficient (Wildman–Crippen LogP) is 0.723. The van der Waals surface area contributed by atoms with Crippen molar-refractivity contribution in [2.75, 3.05) is 61.3 Å². The van der Waals surface area contributed by atoms with Gasteiger partial charge in [0.25, 0.3) is 0 Å². The normalized spacial score (nSPS) is 24.7. The maximum Gasteiger partial charge on any atom is 0.353 e. The Morgan fingerprint density at radius 1 is 1.15 bits per heavy atom. The first kappa shape index (κ1) is 18.6. The minimum Gasteiger partial charge on any atom is -0.378 e. The van der Waals surface area contributed by atoms with E-state index < -0.39 is 4.92 Å². The molecule has 0 radical (unpaired) electrons. The van der Waals surface area contributed by atoms with Crippen molar-refractivity contribution in [2.45, 2.75) is 33.0 Å². The first-order valence-electron chi connectivity index (χ1n) is 9.08. The van der Waals surface area contributed by atoms with E-state index in [9.17, 15) is 10.1 Å². The molecular formula is C16H27N7O3. The number of hydrogen-bond donors (Lipinski definition) is 1. The summed E-state index contributed by atoms with van der Waals surface area (Å²) in [5, 5.41) is 11.6. The molecule has 2 saturated heterocycles. The lowest BCUT2D eigenvalue weighted by molar-refractivity contribution is -0.383. The van der Waals surface area contributed by atoms with Gasteiger partial charge in [-0.2, -0.15) is 9.97 Å². The van der Waals surface area contributed by atoms with E-state index in [1.807, 2.05) is 23.6 Å². The van der Waals surface area contributed by atoms with Crippen LogP contribution in [0.1, 0.15) is 20.8 Å². The van der Waals surface area contributed by atoms with E-state index in [-0.39, 0.29) is 29.5 Å². The second-order valence-electron chi connectivity index (χ2n) is 6.92. The fraction of sp³-hybridized carbons (Fsp3) is 0.750. The monoisotopic (exact) mass is 365 g/mol. The van der Waals surface area contributed by atoms with Crippen LogP contribution in [0.2, 0.25) is 0 Å². The maximum absolute atomic E-state index is 11.6. The van der Waals surface area contributed by atoms with E-state index >= 15 is 0 Å². The minimum atomic E-state index is -0.492. The van der Waals surface area contributed by atoms with Gasteiger partial charge in [0.15, 0.2) is 0 Å². The number of nitrogen functional groups attached to an aromatic ring is 1. The molecule has 3 rings (SSSR count). The van der Waals surface area contributed by atoms with E-state index in [1.54, 1.807) is 0 Å². The average molecular weight is 365 g/mol. The molecule has 2 atom stereocenters. The summed E-state index contributed by atoms with van der Waals surface area (Å²) in [5.74, 6) is 0.669. The highest BCUT2D eigenvalue weighted by atomic mass is 16.6. The van der Waals surface area contributed by atoms with Crippen molar-refractivity contribution >= 4 is 23.3 Å². The molecule has 0 bridgehead atoms. The summed E-state index contributed by atoms with van der Waals surface area (Å²) in [6.45, 7) is 11.5. The molecule has 0 spiro atoms. The van der Waals surface area contributed by atoms with Gasteiger partial charge in [-0.25, -0.2) is 0 Å². The van der Waals surface area contributed by atoms with Crippen molar-refractivity contribution in [3.05, 3.63) is 10.1 Å². The molecule has 2 aliphatic rings. The number of nitro groups is 1. The van der Waals surface area contributed by atoms with Crippen molar-refractivity contribution < 1.29 is 9.66 Å². The van der Waals surface area contributed by atoms with Gasteiger partial charge in [0.2, 0.25) is 17.6 Å². The molecule has 26 heavy (non-hydrogen) atoms. The molecule has 2 fully saturated rings. The molecule has 1 aromatic rings. The van der Waals surface area contributed by atoms with Gasteiger partial charge in [-0.3, -0.25) is 10.1 Å². The predicted molar refractivity (Wildman–Crippen MR) is 99.6 cm³/mol. The number of likely N-dealkylation sites (N-methyl/N-ethyl adjacent to an activating group) is 1. The van der Waals surface area contributed by atoms with Crippen molar-refractivity contribution in [3.8, 4) is 0 Å². The largest absolute Gasteiger partial charge is 0.378 e. The number of aromatic nitrogens is 2. The van der Waals surface area contributed by atoms with Crippen LogP contribution < -0.4 is 15.5 Å². The first-order chi connectivity index (χ1) is 12.4. The van der Waals surface area contributed by atoms with Gasteiger partial charge >= 0.3 is 5.69 Å². The maximum atomic E-state index is 11.6. The minimum absolute atomic E-state index is 0.0360. The van der Waals surface area contributed by atoms with Crippen molar-refractivity contribution in [3.63, 3.8) is 0 Å². The van der Waals surface area contributed by atoms with Gasteiger partial charge in [0.05, 0.1) is 17.1 Å². The molecule has 144 valence electrons. The first-order valence-corrected chi connectivity index (χ1v) is 9.08. The zero-order valence-electron chi connectivity index (χ0n) is 15.6. The number of nitrogens with two attached hydrogens (primary N) is 1. The fourth-order valence-corrected chi connectivity index (χ4v) is 3.60. The highest BCUT2D eigenvalue weighted by Gasteiger charge is 2.33. The lowest BCUT2D eigenvalue weighted by Gasteiger charge is -2.37. The standard InChI is InChI=1S/C16H27N7O3/c1-4-20-5-7-21(8-6-20)16-18-14(17)13(23(24)25)15(19-16)22-9-11(2)26-12(3)10-22/h11-12H,4-10H2,1-3H3,(H2,17,18,19)/t11-,12-/m0/s1. The highest BCUT2D eigenvalue weighted by Crippen LogP contribution is 2.34. The lowest BCUT2D eigenvalue weighted by Crippen LogP contribution is -2.48. The third-order valence-electron chi connectivity index (χ3n) is 4.88. The number of rotatable bonds is 4. The Kier molecular flexibility index (Phi) is 5.42. The second kappa shape index (κ2) is 7.58. The van der Waals surface area contributed by atoms with Gasteiger partial charge < -0.3 is 25.2 Å². The van der Waals surface area contributed by atoms with Gasteiger partial charge in [0, 0.05) is 39.3 Å². The quantitative estimate of drug-likeness (QED) is 0.609. The van der Waals surface area contributed by atoms with Crippen molar-refractivity contribution in [1.29, 1.82) is 0 Å². The SMILES string of the molecule is CCN1CCN(c2nc(N)c([N+](=O)[O-])c(N3C[C@H](C)O[C@@H](C)C3)n2)CC1. The number of piperazine rings is 1. The highest BCUT2D eigenvalue weighted by molar-refractivity contribution is 5.71. The number of anilines is 3. The van der Waals surface area contributed by atoms with E-state index in [0.29, 0.717) is 19.0 Å². The molecule has 2 N–H and O–H groups in total. The van der Waals surface area contributed by atoms with E-state index in [1.165, 1.54) is 0 Å². The summed E-state index contributed by atoms with van der Waals surface area (Å²) in [6.07, 6.45) is -0.0721. The summed E-state index contributed by atoms with van der Waals surface area (Å²) in [7, 11) is 0. The van der Waals surface area contributed by atoms with Crippen molar-refractivity contribution in [2.24, 2.45) is 0 Å². The molecule has 2 aliphatic heterocycles. The second-order valence-corrected chi connectivity index (χ2v) is 6.92. The zero-order chi connectivity index (χ0) is 18.8. The third kappa shape index (κ3) is 3.80. The van der Waals surface area contributed by atoms with Crippen LogP contribution >= 0.6 is 0 Å². The summed E-state index contributed by atoms with van der Waals surface area (Å²) in [6, 6.07) is 0. The zero-order valence-corrected chi connectivity index (χ0v) is 15.6. The van der Waals surface area contributed by atoms with Crippen LogP contribution in [-0.4, -0.2) is 77.8 Å². The Hall–Kier alpha value is -2.20. The van der Waals surface area contributed by atoms with E-state index in [4.69, 9.17) is 10.5 Å². The van der Waals surface area contributed by atoms with Crippen LogP contribution in [0.15, 0.2) is 0 Å². The topological polar surface area (TPSA) is 114 Å². The lowest BCUT2D eigenvalue weighted by atomic mass is 10.2. The number of hydrogen-bond acceptors (Lipinski definition) is 9. The molecule has 10 heteroatoms. The van der Waals surface area contributed by atoms with Crippen LogP contribution in [0.3, 0.4) is 0 Å². The number of morpholine rings is 1. The van der Waals surface area contributed by atoms with Crippen LogP contribution in [0.25, 0.3) is 0 Å². The average Bonchev–Trinajstić information content (AvgIpc) is 2.60. The Morgan fingerprint density at radius 3 is 2.31 bits per heavy atom. The molecule has 0 aromatic carbocycles. The molecular weight excluding hydrogens is 338 g/mol. The van der Waals surface area contributed by atoms with Crippen LogP contribution in [0.5, 0.6) is 0 Å². The summed E-state index contributed by atoms with van der Waals surface area (Å²) in [5.41, 5.74) is 5.75. The van der Waals surface area contributed by atoms with E-state index in [0.717, 1.165) is 32.7 Å². The number of ether oxygens (including phenoxy) is 1. The Bertz CT molecular complexity index is 653. The summed E-state index contributed by atoms with van der Waals surface area (Å²) in [4.78, 5) is 26.2. The molecule has 0 aliphatic carbocycles.